The molecule has 0 heterocycles. The predicted octanol–water partition coefficient (Wildman–Crippen LogP) is 2.79. The molecule has 1 aliphatic carbocycles. The average molecular weight is 313 g/mol. The zero-order chi connectivity index (χ0) is 13.4. The molecule has 0 radical (unpaired) electrons. The second-order valence-electron chi connectivity index (χ2n) is 5.02. The molecule has 1 aromatic carbocycles. The van der Waals surface area contributed by atoms with E-state index in [-0.39, 0.29) is 5.97 Å². The van der Waals surface area contributed by atoms with Crippen LogP contribution in [0.5, 0.6) is 0 Å². The SMILES string of the molecule is CCC1(O)CC(C(=O)OC)(c2cccc(Br)c2)C1. The fourth-order valence-electron chi connectivity index (χ4n) is 2.77. The number of benzene rings is 1. The Hall–Kier alpha value is -0.870. The number of methoxy groups -OCH3 is 1. The molecule has 4 heteroatoms. The first-order chi connectivity index (χ1) is 8.46. The van der Waals surface area contributed by atoms with E-state index in [9.17, 15) is 9.90 Å². The maximum absolute atomic E-state index is 12.1. The van der Waals surface area contributed by atoms with Crippen LogP contribution in [0.15, 0.2) is 28.7 Å². The summed E-state index contributed by atoms with van der Waals surface area (Å²) in [6, 6.07) is 7.65. The molecule has 98 valence electrons. The first-order valence-electron chi connectivity index (χ1n) is 6.03. The van der Waals surface area contributed by atoms with Gasteiger partial charge in [0.25, 0.3) is 0 Å². The van der Waals surface area contributed by atoms with Crippen LogP contribution in [0.2, 0.25) is 0 Å². The molecule has 0 aliphatic heterocycles. The summed E-state index contributed by atoms with van der Waals surface area (Å²) in [6.45, 7) is 1.93. The molecule has 0 unspecified atom stereocenters. The number of halogens is 1. The fourth-order valence-corrected chi connectivity index (χ4v) is 3.17. The van der Waals surface area contributed by atoms with E-state index in [0.717, 1.165) is 10.0 Å². The van der Waals surface area contributed by atoms with E-state index in [2.05, 4.69) is 15.9 Å². The molecular formula is C14H17BrO3. The second-order valence-corrected chi connectivity index (χ2v) is 5.93. The molecule has 1 saturated carbocycles. The maximum atomic E-state index is 12.1. The third-order valence-electron chi connectivity index (χ3n) is 3.87. The van der Waals surface area contributed by atoms with Crippen LogP contribution in [0.25, 0.3) is 0 Å². The number of ether oxygens (including phenoxy) is 1. The maximum Gasteiger partial charge on any atom is 0.316 e. The van der Waals surface area contributed by atoms with Crippen molar-refractivity contribution in [3.05, 3.63) is 34.3 Å². The summed E-state index contributed by atoms with van der Waals surface area (Å²) in [4.78, 5) is 12.1. The third-order valence-corrected chi connectivity index (χ3v) is 4.37. The molecule has 1 N–H and O–H groups in total. The van der Waals surface area contributed by atoms with Crippen molar-refractivity contribution in [2.24, 2.45) is 0 Å². The van der Waals surface area contributed by atoms with Gasteiger partial charge >= 0.3 is 5.97 Å². The van der Waals surface area contributed by atoms with Gasteiger partial charge in [0.2, 0.25) is 0 Å². The van der Waals surface area contributed by atoms with Gasteiger partial charge in [-0.1, -0.05) is 35.0 Å². The van der Waals surface area contributed by atoms with Crippen LogP contribution in [0.3, 0.4) is 0 Å². The molecule has 0 amide bonds. The molecule has 1 fully saturated rings. The molecule has 0 bridgehead atoms. The largest absolute Gasteiger partial charge is 0.468 e. The predicted molar refractivity (Wildman–Crippen MR) is 72.3 cm³/mol. The van der Waals surface area contributed by atoms with E-state index < -0.39 is 11.0 Å². The van der Waals surface area contributed by atoms with Crippen molar-refractivity contribution >= 4 is 21.9 Å². The number of esters is 1. The highest BCUT2D eigenvalue weighted by Crippen LogP contribution is 2.52. The molecular weight excluding hydrogens is 296 g/mol. The van der Waals surface area contributed by atoms with Gasteiger partial charge in [-0.2, -0.15) is 0 Å². The normalized spacial score (nSPS) is 30.7. The zero-order valence-electron chi connectivity index (χ0n) is 10.6. The lowest BCUT2D eigenvalue weighted by molar-refractivity contribution is -0.168. The Bertz CT molecular complexity index is 464. The highest BCUT2D eigenvalue weighted by molar-refractivity contribution is 9.10. The lowest BCUT2D eigenvalue weighted by atomic mass is 9.55. The van der Waals surface area contributed by atoms with Crippen LogP contribution >= 0.6 is 15.9 Å². The Balaban J connectivity index is 2.37. The summed E-state index contributed by atoms with van der Waals surface area (Å²) in [5.74, 6) is -0.265. The molecule has 18 heavy (non-hydrogen) atoms. The molecule has 1 aliphatic rings. The van der Waals surface area contributed by atoms with Crippen molar-refractivity contribution in [1.29, 1.82) is 0 Å². The van der Waals surface area contributed by atoms with Crippen molar-refractivity contribution < 1.29 is 14.6 Å². The van der Waals surface area contributed by atoms with Gasteiger partial charge < -0.3 is 9.84 Å². The van der Waals surface area contributed by atoms with Gasteiger partial charge in [-0.3, -0.25) is 4.79 Å². The van der Waals surface area contributed by atoms with Crippen molar-refractivity contribution in [3.63, 3.8) is 0 Å². The van der Waals surface area contributed by atoms with E-state index in [1.165, 1.54) is 7.11 Å². The van der Waals surface area contributed by atoms with Gasteiger partial charge in [0.1, 0.15) is 0 Å². The van der Waals surface area contributed by atoms with Gasteiger partial charge in [-0.25, -0.2) is 0 Å². The van der Waals surface area contributed by atoms with Crippen LogP contribution in [-0.4, -0.2) is 23.8 Å². The zero-order valence-corrected chi connectivity index (χ0v) is 12.2. The number of aliphatic hydroxyl groups is 1. The van der Waals surface area contributed by atoms with E-state index in [0.29, 0.717) is 19.3 Å². The number of rotatable bonds is 3. The van der Waals surface area contributed by atoms with Crippen LogP contribution in [0, 0.1) is 0 Å². The van der Waals surface area contributed by atoms with E-state index in [1.54, 1.807) is 0 Å². The van der Waals surface area contributed by atoms with Gasteiger partial charge in [0.05, 0.1) is 18.1 Å². The van der Waals surface area contributed by atoms with Gasteiger partial charge in [-0.15, -0.1) is 0 Å². The Kier molecular flexibility index (Phi) is 3.52. The van der Waals surface area contributed by atoms with E-state index in [1.807, 2.05) is 31.2 Å². The molecule has 0 spiro atoms. The minimum atomic E-state index is -0.740. The Labute approximate surface area is 115 Å². The summed E-state index contributed by atoms with van der Waals surface area (Å²) < 4.78 is 5.85. The standard InChI is InChI=1S/C14H17BrO3/c1-3-13(17)8-14(9-13,12(16)18-2)10-5-4-6-11(15)7-10/h4-7,17H,3,8-9H2,1-2H3. The van der Waals surface area contributed by atoms with Crippen molar-refractivity contribution in [3.8, 4) is 0 Å². The molecule has 1 aromatic rings. The minimum Gasteiger partial charge on any atom is -0.468 e. The summed E-state index contributed by atoms with van der Waals surface area (Å²) in [5, 5.41) is 10.2. The van der Waals surface area contributed by atoms with Crippen LogP contribution in [0.4, 0.5) is 0 Å². The fraction of sp³-hybridized carbons (Fsp3) is 0.500. The number of carbonyl (C=O) groups excluding carboxylic acids is 1. The Morgan fingerprint density at radius 2 is 2.17 bits per heavy atom. The first kappa shape index (κ1) is 13.6. The molecule has 0 saturated heterocycles. The quantitative estimate of drug-likeness (QED) is 0.873. The number of hydrogen-bond acceptors (Lipinski definition) is 3. The molecule has 3 nitrogen and oxygen atoms in total. The second kappa shape index (κ2) is 4.67. The average Bonchev–Trinajstić information content (AvgIpc) is 2.33. The first-order valence-corrected chi connectivity index (χ1v) is 6.82. The van der Waals surface area contributed by atoms with Crippen molar-refractivity contribution in [2.45, 2.75) is 37.2 Å². The summed E-state index contributed by atoms with van der Waals surface area (Å²) in [6.07, 6.45) is 1.51. The molecule has 2 rings (SSSR count). The smallest absolute Gasteiger partial charge is 0.316 e. The third kappa shape index (κ3) is 2.08. The lowest BCUT2D eigenvalue weighted by Gasteiger charge is -2.51. The highest BCUT2D eigenvalue weighted by Gasteiger charge is 2.59. The summed E-state index contributed by atoms with van der Waals surface area (Å²) in [5.41, 5.74) is -0.526. The number of carbonyl (C=O) groups is 1. The number of hydrogen-bond donors (Lipinski definition) is 1. The molecule has 0 aromatic heterocycles. The van der Waals surface area contributed by atoms with Crippen LogP contribution in [-0.2, 0) is 14.9 Å². The topological polar surface area (TPSA) is 46.5 Å². The van der Waals surface area contributed by atoms with Crippen LogP contribution in [0.1, 0.15) is 31.7 Å². The van der Waals surface area contributed by atoms with Crippen molar-refractivity contribution in [1.82, 2.24) is 0 Å². The van der Waals surface area contributed by atoms with E-state index in [4.69, 9.17) is 4.74 Å². The lowest BCUT2D eigenvalue weighted by Crippen LogP contribution is -2.58. The van der Waals surface area contributed by atoms with Gasteiger partial charge in [0, 0.05) is 4.47 Å². The summed E-state index contributed by atoms with van der Waals surface area (Å²) in [7, 11) is 1.39. The highest BCUT2D eigenvalue weighted by atomic mass is 79.9. The van der Waals surface area contributed by atoms with E-state index >= 15 is 0 Å². The molecule has 0 atom stereocenters. The Morgan fingerprint density at radius 1 is 1.50 bits per heavy atom. The monoisotopic (exact) mass is 312 g/mol. The van der Waals surface area contributed by atoms with Crippen LogP contribution < -0.4 is 0 Å². The minimum absolute atomic E-state index is 0.265. The Morgan fingerprint density at radius 3 is 2.67 bits per heavy atom. The summed E-state index contributed by atoms with van der Waals surface area (Å²) >= 11 is 3.41. The van der Waals surface area contributed by atoms with Crippen molar-refractivity contribution in [2.75, 3.05) is 7.11 Å². The van der Waals surface area contributed by atoms with Gasteiger partial charge in [-0.05, 0) is 37.0 Å². The van der Waals surface area contributed by atoms with Gasteiger partial charge in [0.15, 0.2) is 0 Å².